The van der Waals surface area contributed by atoms with E-state index in [2.05, 4.69) is 15.5 Å². The van der Waals surface area contributed by atoms with Crippen LogP contribution in [0.1, 0.15) is 15.9 Å². The summed E-state index contributed by atoms with van der Waals surface area (Å²) in [5, 5.41) is 10.6. The predicted octanol–water partition coefficient (Wildman–Crippen LogP) is 3.28. The lowest BCUT2D eigenvalue weighted by Gasteiger charge is -2.13. The van der Waals surface area contributed by atoms with Crippen LogP contribution in [0.4, 0.5) is 5.69 Å². The van der Waals surface area contributed by atoms with Crippen LogP contribution in [0.3, 0.4) is 0 Å². The summed E-state index contributed by atoms with van der Waals surface area (Å²) < 4.78 is 6.76. The van der Waals surface area contributed by atoms with E-state index in [1.165, 1.54) is 11.7 Å². The van der Waals surface area contributed by atoms with Gasteiger partial charge in [-0.05, 0) is 48.9 Å². The van der Waals surface area contributed by atoms with Crippen LogP contribution in [0.5, 0.6) is 5.75 Å². The summed E-state index contributed by atoms with van der Waals surface area (Å²) in [5.74, 6) is 0.0788. The summed E-state index contributed by atoms with van der Waals surface area (Å²) in [6, 6.07) is 14.3. The molecule has 0 bridgehead atoms. The Bertz CT molecular complexity index is 1240. The lowest BCUT2D eigenvalue weighted by molar-refractivity contribution is 0.102. The number of fused-ring (bicyclic) bond motifs is 1. The molecule has 0 unspecified atom stereocenters. The molecule has 0 saturated carbocycles. The minimum Gasteiger partial charge on any atom is -0.495 e. The van der Waals surface area contributed by atoms with Crippen molar-refractivity contribution in [3.63, 3.8) is 0 Å². The highest BCUT2D eigenvalue weighted by Gasteiger charge is 2.18. The number of nitrogens with one attached hydrogen (secondary N) is 2. The maximum Gasteiger partial charge on any atom is 0.268 e. The molecule has 0 spiro atoms. The minimum absolute atomic E-state index is 0.0816. The van der Waals surface area contributed by atoms with Crippen molar-refractivity contribution in [2.45, 2.75) is 6.92 Å². The third-order valence-electron chi connectivity index (χ3n) is 4.57. The number of hydrogen-bond acceptors (Lipinski definition) is 4. The second-order valence-electron chi connectivity index (χ2n) is 6.35. The van der Waals surface area contributed by atoms with Crippen LogP contribution in [0.2, 0.25) is 0 Å². The second-order valence-corrected chi connectivity index (χ2v) is 6.35. The van der Waals surface area contributed by atoms with Gasteiger partial charge in [-0.3, -0.25) is 19.3 Å². The molecular weight excluding hydrogens is 356 g/mol. The number of rotatable bonds is 4. The van der Waals surface area contributed by atoms with Crippen molar-refractivity contribution in [1.82, 2.24) is 14.8 Å². The Labute approximate surface area is 160 Å². The Balaban J connectivity index is 1.74. The third kappa shape index (κ3) is 3.03. The van der Waals surface area contributed by atoms with Gasteiger partial charge in [-0.2, -0.15) is 5.10 Å². The van der Waals surface area contributed by atoms with Crippen LogP contribution in [0.15, 0.2) is 65.7 Å². The molecule has 0 radical (unpaired) electrons. The first-order chi connectivity index (χ1) is 13.6. The number of methoxy groups -OCH3 is 1. The van der Waals surface area contributed by atoms with Crippen molar-refractivity contribution in [1.29, 1.82) is 0 Å². The number of anilines is 1. The lowest BCUT2D eigenvalue weighted by Crippen LogP contribution is -2.29. The summed E-state index contributed by atoms with van der Waals surface area (Å²) >= 11 is 0. The molecule has 4 rings (SSSR count). The van der Waals surface area contributed by atoms with Crippen LogP contribution in [-0.4, -0.2) is 27.8 Å². The first-order valence-electron chi connectivity index (χ1n) is 8.68. The number of H-pyrrole nitrogens is 1. The SMILES string of the molecule is COc1ccccc1-n1ccc(C)c(C(=O)Nc2ccc3cn[nH]c3c2)c1=O. The van der Waals surface area contributed by atoms with Crippen LogP contribution in [-0.2, 0) is 0 Å². The standard InChI is InChI=1S/C21H18N4O3/c1-13-9-10-25(17-5-3-4-6-18(17)28-2)21(27)19(13)20(26)23-15-8-7-14-12-22-24-16(14)11-15/h3-12H,1-2H3,(H,22,24)(H,23,26). The van der Waals surface area contributed by atoms with Gasteiger partial charge in [0.25, 0.3) is 11.5 Å². The minimum atomic E-state index is -0.467. The zero-order valence-electron chi connectivity index (χ0n) is 15.4. The molecule has 0 aliphatic carbocycles. The summed E-state index contributed by atoms with van der Waals surface area (Å²) in [5.41, 5.74) is 2.21. The van der Waals surface area contributed by atoms with Crippen molar-refractivity contribution >= 4 is 22.5 Å². The van der Waals surface area contributed by atoms with E-state index in [0.717, 1.165) is 10.9 Å². The first kappa shape index (κ1) is 17.5. The van der Waals surface area contributed by atoms with E-state index in [9.17, 15) is 9.59 Å². The number of pyridine rings is 1. The van der Waals surface area contributed by atoms with Crippen molar-refractivity contribution < 1.29 is 9.53 Å². The molecule has 0 saturated heterocycles. The Morgan fingerprint density at radius 2 is 2.00 bits per heavy atom. The van der Waals surface area contributed by atoms with Crippen molar-refractivity contribution in [2.75, 3.05) is 12.4 Å². The van der Waals surface area contributed by atoms with E-state index >= 15 is 0 Å². The monoisotopic (exact) mass is 374 g/mol. The molecule has 0 fully saturated rings. The summed E-state index contributed by atoms with van der Waals surface area (Å²) in [7, 11) is 1.54. The average Bonchev–Trinajstić information content (AvgIpc) is 3.16. The highest BCUT2D eigenvalue weighted by Crippen LogP contribution is 2.22. The van der Waals surface area contributed by atoms with Crippen molar-refractivity contribution in [2.24, 2.45) is 0 Å². The molecule has 2 heterocycles. The molecule has 7 heteroatoms. The quantitative estimate of drug-likeness (QED) is 0.574. The largest absolute Gasteiger partial charge is 0.495 e. The number of carbonyl (C=O) groups is 1. The van der Waals surface area contributed by atoms with E-state index in [1.807, 2.05) is 18.2 Å². The van der Waals surface area contributed by atoms with Gasteiger partial charge in [0.05, 0.1) is 24.5 Å². The topological polar surface area (TPSA) is 89.0 Å². The van der Waals surface area contributed by atoms with Gasteiger partial charge < -0.3 is 10.1 Å². The van der Waals surface area contributed by atoms with Gasteiger partial charge in [-0.1, -0.05) is 12.1 Å². The number of benzene rings is 2. The second kappa shape index (κ2) is 7.03. The zero-order chi connectivity index (χ0) is 19.7. The van der Waals surface area contributed by atoms with Gasteiger partial charge in [0, 0.05) is 17.3 Å². The summed E-state index contributed by atoms with van der Waals surface area (Å²) in [6.45, 7) is 1.74. The molecular formula is C21H18N4O3. The number of hydrogen-bond donors (Lipinski definition) is 2. The maximum atomic E-state index is 13.1. The number of ether oxygens (including phenoxy) is 1. The van der Waals surface area contributed by atoms with Crippen LogP contribution >= 0.6 is 0 Å². The number of amides is 1. The number of aromatic nitrogens is 3. The average molecular weight is 374 g/mol. The molecule has 140 valence electrons. The van der Waals surface area contributed by atoms with E-state index in [0.29, 0.717) is 22.7 Å². The first-order valence-corrected chi connectivity index (χ1v) is 8.68. The van der Waals surface area contributed by atoms with Crippen molar-refractivity contribution in [3.05, 3.63) is 82.4 Å². The molecule has 0 aliphatic heterocycles. The highest BCUT2D eigenvalue weighted by atomic mass is 16.5. The molecule has 2 aromatic carbocycles. The van der Waals surface area contributed by atoms with Crippen LogP contribution in [0, 0.1) is 6.92 Å². The maximum absolute atomic E-state index is 13.1. The molecule has 2 aromatic heterocycles. The Kier molecular flexibility index (Phi) is 4.41. The summed E-state index contributed by atoms with van der Waals surface area (Å²) in [4.78, 5) is 26.0. The third-order valence-corrected chi connectivity index (χ3v) is 4.57. The smallest absolute Gasteiger partial charge is 0.268 e. The summed E-state index contributed by atoms with van der Waals surface area (Å²) in [6.07, 6.45) is 3.34. The van der Waals surface area contributed by atoms with E-state index in [4.69, 9.17) is 4.74 Å². The highest BCUT2D eigenvalue weighted by molar-refractivity contribution is 6.05. The van der Waals surface area contributed by atoms with Gasteiger partial charge in [-0.25, -0.2) is 0 Å². The van der Waals surface area contributed by atoms with Gasteiger partial charge in [0.15, 0.2) is 0 Å². The molecule has 1 amide bonds. The van der Waals surface area contributed by atoms with Crippen LogP contribution in [0.25, 0.3) is 16.6 Å². The molecule has 28 heavy (non-hydrogen) atoms. The molecule has 2 N–H and O–H groups in total. The fourth-order valence-electron chi connectivity index (χ4n) is 3.13. The number of carbonyl (C=O) groups excluding carboxylic acids is 1. The molecule has 0 aliphatic rings. The zero-order valence-corrected chi connectivity index (χ0v) is 15.4. The Hall–Kier alpha value is -3.87. The van der Waals surface area contributed by atoms with Gasteiger partial charge >= 0.3 is 0 Å². The Morgan fingerprint density at radius 3 is 2.82 bits per heavy atom. The molecule has 4 aromatic rings. The predicted molar refractivity (Wildman–Crippen MR) is 107 cm³/mol. The Morgan fingerprint density at radius 1 is 1.18 bits per heavy atom. The van der Waals surface area contributed by atoms with Gasteiger partial charge in [0.2, 0.25) is 0 Å². The fourth-order valence-corrected chi connectivity index (χ4v) is 3.13. The fraction of sp³-hybridized carbons (Fsp3) is 0.0952. The van der Waals surface area contributed by atoms with E-state index in [-0.39, 0.29) is 5.56 Å². The van der Waals surface area contributed by atoms with Gasteiger partial charge in [0.1, 0.15) is 11.3 Å². The van der Waals surface area contributed by atoms with E-state index < -0.39 is 11.5 Å². The number of aromatic amines is 1. The van der Waals surface area contributed by atoms with Crippen LogP contribution < -0.4 is 15.6 Å². The molecule has 0 atom stereocenters. The normalized spacial score (nSPS) is 10.8. The van der Waals surface area contributed by atoms with Crippen molar-refractivity contribution in [3.8, 4) is 11.4 Å². The molecule has 7 nitrogen and oxygen atoms in total. The lowest BCUT2D eigenvalue weighted by atomic mass is 10.1. The van der Waals surface area contributed by atoms with Gasteiger partial charge in [-0.15, -0.1) is 0 Å². The number of para-hydroxylation sites is 2. The van der Waals surface area contributed by atoms with E-state index in [1.54, 1.807) is 49.6 Å². The number of aryl methyl sites for hydroxylation is 1. The number of nitrogens with zero attached hydrogens (tertiary/aromatic N) is 2.